The molecule has 0 unspecified atom stereocenters. The number of rotatable bonds is 4. The van der Waals surface area contributed by atoms with Gasteiger partial charge in [-0.05, 0) is 31.2 Å². The average molecular weight is 415 g/mol. The van der Waals surface area contributed by atoms with Crippen molar-refractivity contribution < 1.29 is 4.79 Å². The molecule has 0 saturated carbocycles. The van der Waals surface area contributed by atoms with Gasteiger partial charge in [0.2, 0.25) is 5.91 Å². The third-order valence-electron chi connectivity index (χ3n) is 4.68. The SMILES string of the molecule is Cc1ccc(-n2cnc3c(N/N=C4/SCC(=O)N4c4ccccc4)ncnc32)cc1. The zero-order valence-electron chi connectivity index (χ0n) is 16.1. The molecule has 0 spiro atoms. The lowest BCUT2D eigenvalue weighted by Gasteiger charge is -2.15. The van der Waals surface area contributed by atoms with E-state index in [1.54, 1.807) is 11.2 Å². The van der Waals surface area contributed by atoms with Gasteiger partial charge in [0.1, 0.15) is 12.7 Å². The van der Waals surface area contributed by atoms with Gasteiger partial charge < -0.3 is 0 Å². The van der Waals surface area contributed by atoms with Crippen molar-refractivity contribution >= 4 is 45.5 Å². The molecule has 9 heteroatoms. The maximum atomic E-state index is 12.3. The van der Waals surface area contributed by atoms with Crippen LogP contribution < -0.4 is 10.3 Å². The van der Waals surface area contributed by atoms with Gasteiger partial charge in [-0.15, -0.1) is 5.10 Å². The molecular weight excluding hydrogens is 398 g/mol. The third kappa shape index (κ3) is 3.29. The lowest BCUT2D eigenvalue weighted by atomic mass is 10.2. The number of carbonyl (C=O) groups is 1. The molecule has 30 heavy (non-hydrogen) atoms. The number of hydrogen-bond donors (Lipinski definition) is 1. The first-order chi connectivity index (χ1) is 14.7. The number of benzene rings is 2. The fraction of sp³-hybridized carbons (Fsp3) is 0.0952. The van der Waals surface area contributed by atoms with Crippen LogP contribution in [0.2, 0.25) is 0 Å². The Labute approximate surface area is 176 Å². The number of anilines is 2. The molecule has 8 nitrogen and oxygen atoms in total. The second kappa shape index (κ2) is 7.60. The molecule has 1 N–H and O–H groups in total. The molecule has 1 aliphatic rings. The number of aryl methyl sites for hydroxylation is 1. The molecule has 0 radical (unpaired) electrons. The van der Waals surface area contributed by atoms with E-state index in [0.29, 0.717) is 27.9 Å². The van der Waals surface area contributed by atoms with E-state index in [1.807, 2.05) is 66.1 Å². The van der Waals surface area contributed by atoms with E-state index < -0.39 is 0 Å². The van der Waals surface area contributed by atoms with Crippen LogP contribution in [0.3, 0.4) is 0 Å². The number of carbonyl (C=O) groups excluding carboxylic acids is 1. The molecular formula is C21H17N7OS. The fourth-order valence-corrected chi connectivity index (χ4v) is 4.02. The largest absolute Gasteiger partial charge is 0.283 e. The smallest absolute Gasteiger partial charge is 0.243 e. The van der Waals surface area contributed by atoms with Crippen LogP contribution in [-0.2, 0) is 4.79 Å². The van der Waals surface area contributed by atoms with Gasteiger partial charge in [0.05, 0.1) is 11.4 Å². The number of aromatic nitrogens is 4. The predicted molar refractivity (Wildman–Crippen MR) is 119 cm³/mol. The number of nitrogens with zero attached hydrogens (tertiary/aromatic N) is 6. The average Bonchev–Trinajstić information content (AvgIpc) is 3.37. The number of para-hydroxylation sites is 1. The lowest BCUT2D eigenvalue weighted by Crippen LogP contribution is -2.29. The number of thioether (sulfide) groups is 1. The van der Waals surface area contributed by atoms with E-state index in [0.717, 1.165) is 11.4 Å². The summed E-state index contributed by atoms with van der Waals surface area (Å²) >= 11 is 1.38. The number of hydrogen-bond acceptors (Lipinski definition) is 7. The van der Waals surface area contributed by atoms with Gasteiger partial charge in [-0.2, -0.15) is 0 Å². The Hall–Kier alpha value is -3.72. The maximum Gasteiger partial charge on any atom is 0.243 e. The first-order valence-electron chi connectivity index (χ1n) is 9.30. The zero-order valence-corrected chi connectivity index (χ0v) is 16.9. The van der Waals surface area contributed by atoms with E-state index in [1.165, 1.54) is 23.7 Å². The second-order valence-electron chi connectivity index (χ2n) is 6.70. The summed E-state index contributed by atoms with van der Waals surface area (Å²) in [7, 11) is 0. The summed E-state index contributed by atoms with van der Waals surface area (Å²) in [4.78, 5) is 27.1. The highest BCUT2D eigenvalue weighted by Gasteiger charge is 2.29. The normalized spacial score (nSPS) is 15.3. The van der Waals surface area contributed by atoms with Crippen LogP contribution >= 0.6 is 11.8 Å². The van der Waals surface area contributed by atoms with Gasteiger partial charge in [0, 0.05) is 5.69 Å². The van der Waals surface area contributed by atoms with E-state index >= 15 is 0 Å². The van der Waals surface area contributed by atoms with Crippen LogP contribution in [0.15, 0.2) is 72.4 Å². The summed E-state index contributed by atoms with van der Waals surface area (Å²) < 4.78 is 1.90. The van der Waals surface area contributed by atoms with E-state index in [9.17, 15) is 4.79 Å². The molecule has 0 atom stereocenters. The summed E-state index contributed by atoms with van der Waals surface area (Å²) in [5.74, 6) is 0.811. The minimum atomic E-state index is -0.0109. The Balaban J connectivity index is 1.47. The Morgan fingerprint density at radius 1 is 1.00 bits per heavy atom. The van der Waals surface area contributed by atoms with E-state index in [4.69, 9.17) is 0 Å². The van der Waals surface area contributed by atoms with Crippen molar-refractivity contribution in [3.05, 3.63) is 72.8 Å². The molecule has 1 fully saturated rings. The summed E-state index contributed by atoms with van der Waals surface area (Å²) in [5, 5.41) is 5.01. The molecule has 2 aromatic carbocycles. The van der Waals surface area contributed by atoms with Crippen molar-refractivity contribution in [1.82, 2.24) is 19.5 Å². The van der Waals surface area contributed by atoms with Crippen LogP contribution in [0, 0.1) is 6.92 Å². The molecule has 1 amide bonds. The number of imidazole rings is 1. The van der Waals surface area contributed by atoms with Crippen molar-refractivity contribution in [1.29, 1.82) is 0 Å². The van der Waals surface area contributed by atoms with Gasteiger partial charge >= 0.3 is 0 Å². The molecule has 3 heterocycles. The Morgan fingerprint density at radius 3 is 2.60 bits per heavy atom. The molecule has 148 valence electrons. The summed E-state index contributed by atoms with van der Waals surface area (Å²) in [6, 6.07) is 17.6. The van der Waals surface area contributed by atoms with Gasteiger partial charge in [0.15, 0.2) is 22.1 Å². The van der Waals surface area contributed by atoms with Crippen LogP contribution in [0.4, 0.5) is 11.5 Å². The highest BCUT2D eigenvalue weighted by molar-refractivity contribution is 8.15. The summed E-state index contributed by atoms with van der Waals surface area (Å²) in [5.41, 5.74) is 7.17. The first kappa shape index (κ1) is 18.3. The van der Waals surface area contributed by atoms with Crippen molar-refractivity contribution in [2.24, 2.45) is 5.10 Å². The highest BCUT2D eigenvalue weighted by atomic mass is 32.2. The lowest BCUT2D eigenvalue weighted by molar-refractivity contribution is -0.115. The zero-order chi connectivity index (χ0) is 20.5. The van der Waals surface area contributed by atoms with Crippen LogP contribution in [0.25, 0.3) is 16.9 Å². The van der Waals surface area contributed by atoms with Crippen molar-refractivity contribution in [3.8, 4) is 5.69 Å². The topological polar surface area (TPSA) is 88.3 Å². The van der Waals surface area contributed by atoms with Gasteiger partial charge in [-0.1, -0.05) is 47.7 Å². The molecule has 0 aliphatic carbocycles. The fourth-order valence-electron chi connectivity index (χ4n) is 3.19. The van der Waals surface area contributed by atoms with Crippen molar-refractivity contribution in [3.63, 3.8) is 0 Å². The van der Waals surface area contributed by atoms with E-state index in [2.05, 4.69) is 25.5 Å². The Morgan fingerprint density at radius 2 is 1.80 bits per heavy atom. The molecule has 5 rings (SSSR count). The molecule has 1 saturated heterocycles. The van der Waals surface area contributed by atoms with Crippen LogP contribution in [0.5, 0.6) is 0 Å². The van der Waals surface area contributed by atoms with Gasteiger partial charge in [-0.3, -0.25) is 19.7 Å². The molecule has 0 bridgehead atoms. The number of hydrazone groups is 1. The van der Waals surface area contributed by atoms with Gasteiger partial charge in [0.25, 0.3) is 0 Å². The van der Waals surface area contributed by atoms with Gasteiger partial charge in [-0.25, -0.2) is 15.0 Å². The molecule has 1 aliphatic heterocycles. The number of amides is 1. The minimum absolute atomic E-state index is 0.0109. The van der Waals surface area contributed by atoms with Crippen LogP contribution in [-0.4, -0.2) is 36.3 Å². The molecule has 4 aromatic rings. The van der Waals surface area contributed by atoms with Crippen molar-refractivity contribution in [2.75, 3.05) is 16.1 Å². The number of nitrogens with one attached hydrogen (secondary N) is 1. The standard InChI is InChI=1S/C21H17N7OS/c1-14-7-9-15(10-8-14)27-13-24-18-19(22-12-23-20(18)27)25-26-21-28(17(29)11-30-21)16-5-3-2-4-6-16/h2-10,12-13H,11H2,1H3,(H,22,23,25)/b26-21+. The minimum Gasteiger partial charge on any atom is -0.283 e. The monoisotopic (exact) mass is 415 g/mol. The highest BCUT2D eigenvalue weighted by Crippen LogP contribution is 2.27. The third-order valence-corrected chi connectivity index (χ3v) is 5.61. The first-order valence-corrected chi connectivity index (χ1v) is 10.3. The second-order valence-corrected chi connectivity index (χ2v) is 7.65. The Bertz CT molecular complexity index is 1250. The number of amidine groups is 1. The van der Waals surface area contributed by atoms with Crippen LogP contribution in [0.1, 0.15) is 5.56 Å². The molecule has 2 aromatic heterocycles. The Kier molecular flexibility index (Phi) is 4.64. The quantitative estimate of drug-likeness (QED) is 0.513. The summed E-state index contributed by atoms with van der Waals surface area (Å²) in [6.45, 7) is 2.05. The van der Waals surface area contributed by atoms with E-state index in [-0.39, 0.29) is 5.91 Å². The number of fused-ring (bicyclic) bond motifs is 1. The summed E-state index contributed by atoms with van der Waals surface area (Å²) in [6.07, 6.45) is 3.19. The predicted octanol–water partition coefficient (Wildman–Crippen LogP) is 3.59. The maximum absolute atomic E-state index is 12.3. The van der Waals surface area contributed by atoms with Crippen molar-refractivity contribution in [2.45, 2.75) is 6.92 Å².